The zero-order chi connectivity index (χ0) is 21.7. The lowest BCUT2D eigenvalue weighted by molar-refractivity contribution is -0.138. The second-order valence-corrected chi connectivity index (χ2v) is 6.82. The highest BCUT2D eigenvalue weighted by atomic mass is 16.4. The normalized spacial score (nSPS) is 14.9. The zero-order valence-electron chi connectivity index (χ0n) is 16.0. The Balaban J connectivity index is 1.69. The third-order valence-electron chi connectivity index (χ3n) is 4.68. The standard InChI is InChI=1S/C20H22N6O4/c21-19(22)23-15-7-3-6-13(8-15)18(29)24-25-20(30)26-11-14-5-2-1-4-12(14)9-16(26)10-17(27)28/h1-8,16H,9-11H2,(H,24,29)(H,25,30)(H,27,28)(H4,21,22,23). The van der Waals surface area contributed by atoms with Gasteiger partial charge in [-0.25, -0.2) is 15.2 Å². The van der Waals surface area contributed by atoms with Crippen LogP contribution in [0.3, 0.4) is 0 Å². The number of benzene rings is 2. The Labute approximate surface area is 172 Å². The summed E-state index contributed by atoms with van der Waals surface area (Å²) in [7, 11) is 0. The molecule has 0 bridgehead atoms. The number of hydrazine groups is 1. The van der Waals surface area contributed by atoms with E-state index in [0.29, 0.717) is 12.1 Å². The van der Waals surface area contributed by atoms with Crippen LogP contribution in [-0.2, 0) is 17.8 Å². The molecule has 3 amide bonds. The number of aliphatic imine (C=N–C) groups is 1. The van der Waals surface area contributed by atoms with Crippen molar-refractivity contribution >= 4 is 29.6 Å². The van der Waals surface area contributed by atoms with E-state index in [1.807, 2.05) is 24.3 Å². The van der Waals surface area contributed by atoms with E-state index in [0.717, 1.165) is 11.1 Å². The predicted molar refractivity (Wildman–Crippen MR) is 110 cm³/mol. The summed E-state index contributed by atoms with van der Waals surface area (Å²) in [4.78, 5) is 41.6. The van der Waals surface area contributed by atoms with Crippen LogP contribution in [0, 0.1) is 0 Å². The molecule has 0 saturated carbocycles. The highest BCUT2D eigenvalue weighted by Gasteiger charge is 2.31. The molecule has 2 aromatic rings. The van der Waals surface area contributed by atoms with Crippen molar-refractivity contribution in [3.05, 3.63) is 65.2 Å². The minimum atomic E-state index is -1.00. The lowest BCUT2D eigenvalue weighted by Crippen LogP contribution is -2.54. The maximum atomic E-state index is 12.7. The molecule has 1 aliphatic heterocycles. The third kappa shape index (κ3) is 5.04. The van der Waals surface area contributed by atoms with Gasteiger partial charge in [-0.3, -0.25) is 15.0 Å². The van der Waals surface area contributed by atoms with Gasteiger partial charge in [-0.1, -0.05) is 30.3 Å². The van der Waals surface area contributed by atoms with Crippen LogP contribution in [-0.4, -0.2) is 39.9 Å². The first-order valence-electron chi connectivity index (χ1n) is 9.18. The molecule has 30 heavy (non-hydrogen) atoms. The van der Waals surface area contributed by atoms with E-state index < -0.39 is 23.9 Å². The summed E-state index contributed by atoms with van der Waals surface area (Å²) < 4.78 is 0. The van der Waals surface area contributed by atoms with Crippen molar-refractivity contribution in [3.8, 4) is 0 Å². The summed E-state index contributed by atoms with van der Waals surface area (Å²) in [5, 5.41) is 9.21. The summed E-state index contributed by atoms with van der Waals surface area (Å²) in [6, 6.07) is 12.7. The van der Waals surface area contributed by atoms with Crippen LogP contribution >= 0.6 is 0 Å². The number of fused-ring (bicyclic) bond motifs is 1. The molecule has 10 heteroatoms. The minimum absolute atomic E-state index is 0.143. The first kappa shape index (κ1) is 20.6. The Morgan fingerprint density at radius 3 is 2.50 bits per heavy atom. The molecular formula is C20H22N6O4. The van der Waals surface area contributed by atoms with Gasteiger partial charge in [0.1, 0.15) is 0 Å². The fraction of sp³-hybridized carbons (Fsp3) is 0.200. The van der Waals surface area contributed by atoms with Gasteiger partial charge < -0.3 is 21.5 Å². The number of rotatable bonds is 4. The molecule has 10 nitrogen and oxygen atoms in total. The average Bonchev–Trinajstić information content (AvgIpc) is 2.70. The summed E-state index contributed by atoms with van der Waals surface area (Å²) in [5.41, 5.74) is 17.9. The SMILES string of the molecule is NC(N)=Nc1cccc(C(=O)NNC(=O)N2Cc3ccccc3CC2CC(=O)O)c1. The van der Waals surface area contributed by atoms with Crippen molar-refractivity contribution in [2.75, 3.05) is 0 Å². The van der Waals surface area contributed by atoms with Gasteiger partial charge in [0.2, 0.25) is 0 Å². The van der Waals surface area contributed by atoms with Crippen molar-refractivity contribution < 1.29 is 19.5 Å². The smallest absolute Gasteiger partial charge is 0.336 e. The molecular weight excluding hydrogens is 388 g/mol. The van der Waals surface area contributed by atoms with Crippen LogP contribution in [0.5, 0.6) is 0 Å². The lowest BCUT2D eigenvalue weighted by Gasteiger charge is -2.36. The molecule has 1 unspecified atom stereocenters. The average molecular weight is 410 g/mol. The van der Waals surface area contributed by atoms with Crippen molar-refractivity contribution in [3.63, 3.8) is 0 Å². The highest BCUT2D eigenvalue weighted by molar-refractivity contribution is 5.96. The fourth-order valence-corrected chi connectivity index (χ4v) is 3.33. The van der Waals surface area contributed by atoms with Gasteiger partial charge in [0, 0.05) is 18.2 Å². The zero-order valence-corrected chi connectivity index (χ0v) is 16.0. The number of hydrogen-bond acceptors (Lipinski definition) is 4. The number of hydrogen-bond donors (Lipinski definition) is 5. The number of nitrogens with zero attached hydrogens (tertiary/aromatic N) is 2. The molecule has 0 aromatic heterocycles. The van der Waals surface area contributed by atoms with Crippen LogP contribution in [0.4, 0.5) is 10.5 Å². The van der Waals surface area contributed by atoms with Gasteiger partial charge >= 0.3 is 12.0 Å². The van der Waals surface area contributed by atoms with Crippen LogP contribution in [0.1, 0.15) is 27.9 Å². The Kier molecular flexibility index (Phi) is 6.16. The van der Waals surface area contributed by atoms with Crippen molar-refractivity contribution in [2.45, 2.75) is 25.4 Å². The first-order chi connectivity index (χ1) is 14.3. The highest BCUT2D eigenvalue weighted by Crippen LogP contribution is 2.25. The maximum Gasteiger partial charge on any atom is 0.336 e. The van der Waals surface area contributed by atoms with Gasteiger partial charge in [0.05, 0.1) is 12.1 Å². The van der Waals surface area contributed by atoms with Crippen molar-refractivity contribution in [1.29, 1.82) is 0 Å². The van der Waals surface area contributed by atoms with Crippen molar-refractivity contribution in [2.24, 2.45) is 16.5 Å². The number of guanidine groups is 1. The molecule has 0 fully saturated rings. The molecule has 156 valence electrons. The summed E-state index contributed by atoms with van der Waals surface area (Å²) in [6.45, 7) is 0.246. The molecule has 1 aliphatic rings. The fourth-order valence-electron chi connectivity index (χ4n) is 3.33. The molecule has 2 aromatic carbocycles. The van der Waals surface area contributed by atoms with Crippen LogP contribution in [0.25, 0.3) is 0 Å². The van der Waals surface area contributed by atoms with Crippen molar-refractivity contribution in [1.82, 2.24) is 15.8 Å². The number of urea groups is 1. The molecule has 0 saturated heterocycles. The number of carbonyl (C=O) groups is 3. The maximum absolute atomic E-state index is 12.7. The van der Waals surface area contributed by atoms with E-state index in [1.165, 1.54) is 17.0 Å². The Morgan fingerprint density at radius 1 is 1.07 bits per heavy atom. The Hall–Kier alpha value is -4.08. The van der Waals surface area contributed by atoms with Crippen LogP contribution in [0.2, 0.25) is 0 Å². The number of carbonyl (C=O) groups excluding carboxylic acids is 2. The van der Waals surface area contributed by atoms with Gasteiger partial charge in [0.25, 0.3) is 5.91 Å². The van der Waals surface area contributed by atoms with Gasteiger partial charge in [-0.05, 0) is 35.7 Å². The molecule has 7 N–H and O–H groups in total. The molecule has 0 spiro atoms. The second-order valence-electron chi connectivity index (χ2n) is 6.82. The number of carboxylic acids is 1. The van der Waals surface area contributed by atoms with E-state index in [-0.39, 0.29) is 24.5 Å². The quantitative estimate of drug-likeness (QED) is 0.285. The molecule has 1 heterocycles. The summed E-state index contributed by atoms with van der Waals surface area (Å²) in [6.07, 6.45) is 0.223. The number of nitrogens with one attached hydrogen (secondary N) is 2. The molecule has 0 radical (unpaired) electrons. The molecule has 3 rings (SSSR count). The largest absolute Gasteiger partial charge is 0.481 e. The molecule has 0 aliphatic carbocycles. The predicted octanol–water partition coefficient (Wildman–Crippen LogP) is 0.848. The van der Waals surface area contributed by atoms with Gasteiger partial charge in [0.15, 0.2) is 5.96 Å². The summed E-state index contributed by atoms with van der Waals surface area (Å²) >= 11 is 0. The second kappa shape index (κ2) is 8.95. The third-order valence-corrected chi connectivity index (χ3v) is 4.68. The Bertz CT molecular complexity index is 1000. The molecule has 1 atom stereocenters. The minimum Gasteiger partial charge on any atom is -0.481 e. The van der Waals surface area contributed by atoms with Gasteiger partial charge in [-0.2, -0.15) is 0 Å². The van der Waals surface area contributed by atoms with Crippen LogP contribution in [0.15, 0.2) is 53.5 Å². The first-order valence-corrected chi connectivity index (χ1v) is 9.18. The van der Waals surface area contributed by atoms with E-state index in [1.54, 1.807) is 12.1 Å². The lowest BCUT2D eigenvalue weighted by atomic mass is 9.92. The number of nitrogens with two attached hydrogens (primary N) is 2. The van der Waals surface area contributed by atoms with E-state index >= 15 is 0 Å². The topological polar surface area (TPSA) is 163 Å². The van der Waals surface area contributed by atoms with E-state index in [4.69, 9.17) is 11.5 Å². The van der Waals surface area contributed by atoms with E-state index in [9.17, 15) is 19.5 Å². The number of amides is 3. The van der Waals surface area contributed by atoms with Crippen LogP contribution < -0.4 is 22.3 Å². The monoisotopic (exact) mass is 410 g/mol. The van der Waals surface area contributed by atoms with E-state index in [2.05, 4.69) is 15.8 Å². The Morgan fingerprint density at radius 2 is 1.80 bits per heavy atom. The number of aliphatic carboxylic acids is 1. The van der Waals surface area contributed by atoms with Gasteiger partial charge in [-0.15, -0.1) is 0 Å². The number of carboxylic acid groups (broad SMARTS) is 1. The summed E-state index contributed by atoms with van der Waals surface area (Å²) in [5.74, 6) is -1.71.